The van der Waals surface area contributed by atoms with Gasteiger partial charge in [-0.05, 0) is 26.4 Å². The van der Waals surface area contributed by atoms with Crippen molar-refractivity contribution in [2.75, 3.05) is 33.4 Å². The van der Waals surface area contributed by atoms with Crippen molar-refractivity contribution < 1.29 is 4.74 Å². The van der Waals surface area contributed by atoms with Crippen LogP contribution in [0.25, 0.3) is 0 Å². The van der Waals surface area contributed by atoms with Crippen LogP contribution in [0.1, 0.15) is 34.1 Å². The standard InChI is InChI=1S/C12H28N2O/c1-6-12(9-13-7-2)14(8-3)11(4)10-15-5/h11-13H,6-10H2,1-5H3. The Kier molecular flexibility index (Phi) is 9.06. The first kappa shape index (κ1) is 14.9. The predicted octanol–water partition coefficient (Wildman–Crippen LogP) is 1.73. The second-order valence-electron chi connectivity index (χ2n) is 4.00. The molecule has 0 aromatic carbocycles. The van der Waals surface area contributed by atoms with Crippen molar-refractivity contribution in [3.8, 4) is 0 Å². The largest absolute Gasteiger partial charge is 0.383 e. The van der Waals surface area contributed by atoms with Crippen molar-refractivity contribution in [1.29, 1.82) is 0 Å². The quantitative estimate of drug-likeness (QED) is 0.635. The summed E-state index contributed by atoms with van der Waals surface area (Å²) in [5.74, 6) is 0. The highest BCUT2D eigenvalue weighted by Gasteiger charge is 2.19. The molecule has 0 bridgehead atoms. The Balaban J connectivity index is 4.18. The van der Waals surface area contributed by atoms with E-state index in [-0.39, 0.29) is 0 Å². The van der Waals surface area contributed by atoms with Gasteiger partial charge in [-0.2, -0.15) is 0 Å². The van der Waals surface area contributed by atoms with E-state index >= 15 is 0 Å². The molecule has 0 heterocycles. The molecule has 0 aromatic heterocycles. The lowest BCUT2D eigenvalue weighted by Gasteiger charge is -2.35. The number of nitrogens with zero attached hydrogens (tertiary/aromatic N) is 1. The van der Waals surface area contributed by atoms with Gasteiger partial charge in [0.25, 0.3) is 0 Å². The summed E-state index contributed by atoms with van der Waals surface area (Å²) in [6, 6.07) is 1.13. The van der Waals surface area contributed by atoms with Crippen LogP contribution in [-0.4, -0.2) is 50.3 Å². The molecule has 0 aliphatic carbocycles. The Morgan fingerprint density at radius 3 is 2.33 bits per heavy atom. The maximum absolute atomic E-state index is 5.22. The van der Waals surface area contributed by atoms with Crippen LogP contribution in [0.4, 0.5) is 0 Å². The lowest BCUT2D eigenvalue weighted by atomic mass is 10.1. The maximum Gasteiger partial charge on any atom is 0.0615 e. The normalized spacial score (nSPS) is 15.6. The molecule has 0 radical (unpaired) electrons. The van der Waals surface area contributed by atoms with E-state index in [0.717, 1.165) is 26.2 Å². The van der Waals surface area contributed by atoms with E-state index in [1.165, 1.54) is 6.42 Å². The zero-order chi connectivity index (χ0) is 11.7. The van der Waals surface area contributed by atoms with Crippen molar-refractivity contribution >= 4 is 0 Å². The summed E-state index contributed by atoms with van der Waals surface area (Å²) in [7, 11) is 1.77. The smallest absolute Gasteiger partial charge is 0.0615 e. The molecule has 0 aromatic rings. The number of methoxy groups -OCH3 is 1. The Morgan fingerprint density at radius 1 is 1.27 bits per heavy atom. The van der Waals surface area contributed by atoms with Gasteiger partial charge in [-0.15, -0.1) is 0 Å². The summed E-state index contributed by atoms with van der Waals surface area (Å²) in [6.07, 6.45) is 1.19. The molecule has 2 unspecified atom stereocenters. The van der Waals surface area contributed by atoms with E-state index in [4.69, 9.17) is 4.74 Å². The molecular weight excluding hydrogens is 188 g/mol. The average molecular weight is 216 g/mol. The van der Waals surface area contributed by atoms with Crippen LogP contribution >= 0.6 is 0 Å². The summed E-state index contributed by atoms with van der Waals surface area (Å²) in [4.78, 5) is 2.52. The number of likely N-dealkylation sites (N-methyl/N-ethyl adjacent to an activating group) is 2. The number of hydrogen-bond acceptors (Lipinski definition) is 3. The molecular formula is C12H28N2O. The van der Waals surface area contributed by atoms with Crippen molar-refractivity contribution in [2.24, 2.45) is 0 Å². The molecule has 0 amide bonds. The van der Waals surface area contributed by atoms with E-state index in [2.05, 4.69) is 37.9 Å². The van der Waals surface area contributed by atoms with Gasteiger partial charge in [0, 0.05) is 25.7 Å². The first-order valence-electron chi connectivity index (χ1n) is 6.16. The molecule has 15 heavy (non-hydrogen) atoms. The molecule has 0 fully saturated rings. The SMILES string of the molecule is CCNCC(CC)N(CC)C(C)COC. The van der Waals surface area contributed by atoms with Crippen LogP contribution in [0.2, 0.25) is 0 Å². The summed E-state index contributed by atoms with van der Waals surface area (Å²) < 4.78 is 5.22. The van der Waals surface area contributed by atoms with Gasteiger partial charge in [-0.1, -0.05) is 20.8 Å². The topological polar surface area (TPSA) is 24.5 Å². The van der Waals surface area contributed by atoms with Crippen molar-refractivity contribution in [3.63, 3.8) is 0 Å². The Hall–Kier alpha value is -0.120. The molecule has 0 saturated heterocycles. The molecule has 2 atom stereocenters. The highest BCUT2D eigenvalue weighted by Crippen LogP contribution is 2.08. The average Bonchev–Trinajstić information content (AvgIpc) is 2.24. The van der Waals surface area contributed by atoms with Crippen molar-refractivity contribution in [3.05, 3.63) is 0 Å². The molecule has 0 spiro atoms. The van der Waals surface area contributed by atoms with Crippen molar-refractivity contribution in [1.82, 2.24) is 10.2 Å². The lowest BCUT2D eigenvalue weighted by Crippen LogP contribution is -2.48. The minimum absolute atomic E-state index is 0.503. The number of ether oxygens (including phenoxy) is 1. The first-order chi connectivity index (χ1) is 7.21. The number of hydrogen-bond donors (Lipinski definition) is 1. The Labute approximate surface area is 95.2 Å². The molecule has 1 N–H and O–H groups in total. The van der Waals surface area contributed by atoms with Gasteiger partial charge in [0.05, 0.1) is 6.61 Å². The number of rotatable bonds is 9. The van der Waals surface area contributed by atoms with Gasteiger partial charge in [-0.25, -0.2) is 0 Å². The fourth-order valence-electron chi connectivity index (χ4n) is 2.07. The van der Waals surface area contributed by atoms with Gasteiger partial charge in [0.15, 0.2) is 0 Å². The monoisotopic (exact) mass is 216 g/mol. The lowest BCUT2D eigenvalue weighted by molar-refractivity contribution is 0.0714. The van der Waals surface area contributed by atoms with Crippen LogP contribution in [0, 0.1) is 0 Å². The van der Waals surface area contributed by atoms with E-state index in [0.29, 0.717) is 12.1 Å². The minimum Gasteiger partial charge on any atom is -0.383 e. The van der Waals surface area contributed by atoms with Crippen LogP contribution in [-0.2, 0) is 4.74 Å². The van der Waals surface area contributed by atoms with E-state index in [9.17, 15) is 0 Å². The third-order valence-electron chi connectivity index (χ3n) is 2.91. The zero-order valence-corrected chi connectivity index (χ0v) is 11.0. The molecule has 0 saturated carbocycles. The fourth-order valence-corrected chi connectivity index (χ4v) is 2.07. The molecule has 0 aliphatic heterocycles. The van der Waals surface area contributed by atoms with Gasteiger partial charge in [-0.3, -0.25) is 4.90 Å². The highest BCUT2D eigenvalue weighted by molar-refractivity contribution is 4.76. The second-order valence-corrected chi connectivity index (χ2v) is 4.00. The summed E-state index contributed by atoms with van der Waals surface area (Å²) in [6.45, 7) is 12.9. The van der Waals surface area contributed by atoms with E-state index in [1.54, 1.807) is 7.11 Å². The minimum atomic E-state index is 0.503. The van der Waals surface area contributed by atoms with Gasteiger partial charge in [0.1, 0.15) is 0 Å². The number of nitrogens with one attached hydrogen (secondary N) is 1. The van der Waals surface area contributed by atoms with Gasteiger partial charge in [0.2, 0.25) is 0 Å². The predicted molar refractivity (Wildman–Crippen MR) is 66.3 cm³/mol. The summed E-state index contributed by atoms with van der Waals surface area (Å²) in [5, 5.41) is 3.43. The third-order valence-corrected chi connectivity index (χ3v) is 2.91. The first-order valence-corrected chi connectivity index (χ1v) is 6.16. The molecule has 3 nitrogen and oxygen atoms in total. The molecule has 0 rings (SSSR count). The Morgan fingerprint density at radius 2 is 1.93 bits per heavy atom. The van der Waals surface area contributed by atoms with E-state index in [1.807, 2.05) is 0 Å². The van der Waals surface area contributed by atoms with Gasteiger partial charge < -0.3 is 10.1 Å². The van der Waals surface area contributed by atoms with Gasteiger partial charge >= 0.3 is 0 Å². The fraction of sp³-hybridized carbons (Fsp3) is 1.00. The zero-order valence-electron chi connectivity index (χ0n) is 11.0. The third kappa shape index (κ3) is 5.50. The molecule has 92 valence electrons. The van der Waals surface area contributed by atoms with E-state index < -0.39 is 0 Å². The van der Waals surface area contributed by atoms with Crippen molar-refractivity contribution in [2.45, 2.75) is 46.2 Å². The Bertz CT molecular complexity index is 142. The van der Waals surface area contributed by atoms with Crippen LogP contribution in [0.3, 0.4) is 0 Å². The van der Waals surface area contributed by atoms with Crippen LogP contribution < -0.4 is 5.32 Å². The van der Waals surface area contributed by atoms with Crippen LogP contribution in [0.5, 0.6) is 0 Å². The van der Waals surface area contributed by atoms with Crippen LogP contribution in [0.15, 0.2) is 0 Å². The second kappa shape index (κ2) is 9.13. The highest BCUT2D eigenvalue weighted by atomic mass is 16.5. The molecule has 3 heteroatoms. The summed E-state index contributed by atoms with van der Waals surface area (Å²) in [5.41, 5.74) is 0. The molecule has 0 aliphatic rings. The maximum atomic E-state index is 5.22. The summed E-state index contributed by atoms with van der Waals surface area (Å²) >= 11 is 0.